The van der Waals surface area contributed by atoms with Crippen LogP contribution in [-0.2, 0) is 0 Å². The average Bonchev–Trinajstić information content (AvgIpc) is 3.40. The van der Waals surface area contributed by atoms with Gasteiger partial charge in [-0.1, -0.05) is 6.07 Å². The molecular weight excluding hydrogens is 394 g/mol. The zero-order valence-electron chi connectivity index (χ0n) is 16.0. The largest absolute Gasteiger partial charge is 0.508 e. The minimum atomic E-state index is -0.146. The summed E-state index contributed by atoms with van der Waals surface area (Å²) in [5, 5.41) is 13.8. The maximum absolute atomic E-state index is 9.75. The Morgan fingerprint density at radius 1 is 0.900 bits per heavy atom. The van der Waals surface area contributed by atoms with E-state index < -0.39 is 0 Å². The predicted octanol–water partition coefficient (Wildman–Crippen LogP) is 4.15. The van der Waals surface area contributed by atoms with E-state index >= 15 is 0 Å². The molecule has 1 aliphatic rings. The van der Waals surface area contributed by atoms with E-state index in [1.165, 1.54) is 0 Å². The normalized spacial score (nSPS) is 18.4. The number of nitrogens with one attached hydrogen (secondary N) is 1. The lowest BCUT2D eigenvalue weighted by molar-refractivity contribution is 0.475. The molecule has 2 N–H and O–H groups in total. The van der Waals surface area contributed by atoms with Crippen LogP contribution in [0.25, 0.3) is 5.69 Å². The van der Waals surface area contributed by atoms with E-state index in [0.717, 1.165) is 22.8 Å². The number of anilines is 1. The maximum Gasteiger partial charge on any atom is 0.174 e. The molecule has 2 atom stereocenters. The number of phenolic OH excluding ortho intramolecular Hbond substituents is 1. The molecule has 0 spiro atoms. The van der Waals surface area contributed by atoms with Crippen molar-refractivity contribution in [1.29, 1.82) is 0 Å². The van der Waals surface area contributed by atoms with E-state index in [1.807, 2.05) is 60.9 Å². The number of phenols is 1. The highest BCUT2D eigenvalue weighted by Crippen LogP contribution is 2.42. The fourth-order valence-electron chi connectivity index (χ4n) is 3.91. The third kappa shape index (κ3) is 3.19. The predicted molar refractivity (Wildman–Crippen MR) is 120 cm³/mol. The van der Waals surface area contributed by atoms with Crippen LogP contribution >= 0.6 is 12.2 Å². The van der Waals surface area contributed by atoms with Gasteiger partial charge in [0.2, 0.25) is 0 Å². The van der Waals surface area contributed by atoms with Crippen LogP contribution in [0.15, 0.2) is 91.5 Å². The minimum absolute atomic E-state index is 0.141. The number of benzene rings is 1. The van der Waals surface area contributed by atoms with Gasteiger partial charge in [-0.3, -0.25) is 9.97 Å². The molecule has 5 rings (SSSR count). The molecule has 0 aliphatic carbocycles. The summed E-state index contributed by atoms with van der Waals surface area (Å²) in [6.45, 7) is 0. The summed E-state index contributed by atoms with van der Waals surface area (Å²) in [4.78, 5) is 10.9. The molecule has 7 heteroatoms. The Bertz CT molecular complexity index is 1160. The lowest BCUT2D eigenvalue weighted by atomic mass is 10.0. The minimum Gasteiger partial charge on any atom is -0.508 e. The van der Waals surface area contributed by atoms with Crippen molar-refractivity contribution < 1.29 is 5.11 Å². The van der Waals surface area contributed by atoms with Crippen molar-refractivity contribution in [2.45, 2.75) is 12.1 Å². The number of thiocarbonyl (C=S) groups is 1. The first kappa shape index (κ1) is 18.3. The van der Waals surface area contributed by atoms with Gasteiger partial charge in [0.15, 0.2) is 5.11 Å². The number of hydrogen-bond donors (Lipinski definition) is 2. The van der Waals surface area contributed by atoms with Crippen LogP contribution in [0.5, 0.6) is 5.75 Å². The van der Waals surface area contributed by atoms with Gasteiger partial charge in [-0.15, -0.1) is 0 Å². The van der Waals surface area contributed by atoms with E-state index in [1.54, 1.807) is 24.5 Å². The maximum atomic E-state index is 9.75. The molecule has 1 aliphatic heterocycles. The van der Waals surface area contributed by atoms with Crippen molar-refractivity contribution in [3.8, 4) is 11.4 Å². The third-order valence-electron chi connectivity index (χ3n) is 5.23. The summed E-state index contributed by atoms with van der Waals surface area (Å²) in [5.41, 5.74) is 3.83. The molecule has 0 radical (unpaired) electrons. The van der Waals surface area contributed by atoms with Gasteiger partial charge in [-0.2, -0.15) is 0 Å². The lowest BCUT2D eigenvalue weighted by Crippen LogP contribution is -2.30. The van der Waals surface area contributed by atoms with E-state index in [2.05, 4.69) is 30.8 Å². The molecule has 1 aromatic carbocycles. The second kappa shape index (κ2) is 7.61. The number of nitrogens with zero attached hydrogens (tertiary/aromatic N) is 4. The first-order chi connectivity index (χ1) is 14.7. The molecule has 4 aromatic rings. The summed E-state index contributed by atoms with van der Waals surface area (Å²) in [5.74, 6) is 0.216. The molecule has 0 bridgehead atoms. The molecule has 6 nitrogen and oxygen atoms in total. The number of rotatable bonds is 4. The van der Waals surface area contributed by atoms with Crippen LogP contribution < -0.4 is 10.2 Å². The first-order valence-corrected chi connectivity index (χ1v) is 10.0. The van der Waals surface area contributed by atoms with Gasteiger partial charge in [0, 0.05) is 30.0 Å². The standard InChI is InChI=1S/C23H19N5OS/c29-18-10-8-16(9-11-18)28-22(21(26-23(28)30)19-6-1-2-13-25-19)20-7-4-14-27(20)17-5-3-12-24-15-17/h1-15,21-22,29H,(H,26,30)/t21-,22+/m1/s1. The molecule has 0 saturated carbocycles. The van der Waals surface area contributed by atoms with Crippen molar-refractivity contribution in [2.24, 2.45) is 0 Å². The summed E-state index contributed by atoms with van der Waals surface area (Å²) in [7, 11) is 0. The Labute approximate surface area is 179 Å². The van der Waals surface area contributed by atoms with E-state index in [-0.39, 0.29) is 17.8 Å². The van der Waals surface area contributed by atoms with Crippen LogP contribution in [0.3, 0.4) is 0 Å². The van der Waals surface area contributed by atoms with Crippen molar-refractivity contribution in [2.75, 3.05) is 4.90 Å². The van der Waals surface area contributed by atoms with Crippen molar-refractivity contribution >= 4 is 23.0 Å². The summed E-state index contributed by atoms with van der Waals surface area (Å²) in [6.07, 6.45) is 7.42. The Morgan fingerprint density at radius 3 is 2.50 bits per heavy atom. The molecule has 0 unspecified atom stereocenters. The summed E-state index contributed by atoms with van der Waals surface area (Å²) < 4.78 is 2.12. The van der Waals surface area contributed by atoms with Crippen LogP contribution in [0, 0.1) is 0 Å². The highest BCUT2D eigenvalue weighted by atomic mass is 32.1. The molecular formula is C23H19N5OS. The monoisotopic (exact) mass is 413 g/mol. The smallest absolute Gasteiger partial charge is 0.174 e. The Hall–Kier alpha value is -3.71. The van der Waals surface area contributed by atoms with Crippen LogP contribution in [0.1, 0.15) is 23.5 Å². The van der Waals surface area contributed by atoms with Crippen molar-refractivity contribution in [3.63, 3.8) is 0 Å². The SMILES string of the molecule is Oc1ccc(N2C(=S)N[C@H](c3ccccn3)[C@@H]2c2cccn2-c2cccnc2)cc1. The summed E-state index contributed by atoms with van der Waals surface area (Å²) in [6, 6.07) is 20.7. The average molecular weight is 414 g/mol. The van der Waals surface area contributed by atoms with Gasteiger partial charge < -0.3 is 19.9 Å². The zero-order chi connectivity index (χ0) is 20.5. The quantitative estimate of drug-likeness (QED) is 0.490. The molecule has 1 saturated heterocycles. The topological polar surface area (TPSA) is 66.2 Å². The third-order valence-corrected chi connectivity index (χ3v) is 5.55. The second-order valence-electron chi connectivity index (χ2n) is 7.03. The van der Waals surface area contributed by atoms with Crippen LogP contribution in [0.4, 0.5) is 5.69 Å². The Balaban J connectivity index is 1.67. The summed E-state index contributed by atoms with van der Waals surface area (Å²) >= 11 is 5.75. The highest BCUT2D eigenvalue weighted by Gasteiger charge is 2.42. The number of hydrogen-bond acceptors (Lipinski definition) is 4. The number of aromatic hydroxyl groups is 1. The number of aromatic nitrogens is 3. The molecule has 1 fully saturated rings. The fourth-order valence-corrected chi connectivity index (χ4v) is 4.26. The fraction of sp³-hybridized carbons (Fsp3) is 0.0870. The number of pyridine rings is 2. The zero-order valence-corrected chi connectivity index (χ0v) is 16.8. The van der Waals surface area contributed by atoms with Crippen molar-refractivity contribution in [1.82, 2.24) is 19.9 Å². The van der Waals surface area contributed by atoms with Gasteiger partial charge >= 0.3 is 0 Å². The lowest BCUT2D eigenvalue weighted by Gasteiger charge is -2.29. The van der Waals surface area contributed by atoms with Crippen LogP contribution in [-0.4, -0.2) is 24.8 Å². The molecule has 148 valence electrons. The van der Waals surface area contributed by atoms with Gasteiger partial charge in [0.05, 0.1) is 23.6 Å². The van der Waals surface area contributed by atoms with Gasteiger partial charge in [-0.05, 0) is 72.9 Å². The van der Waals surface area contributed by atoms with E-state index in [0.29, 0.717) is 5.11 Å². The molecule has 30 heavy (non-hydrogen) atoms. The Morgan fingerprint density at radius 2 is 1.77 bits per heavy atom. The van der Waals surface area contributed by atoms with E-state index in [9.17, 15) is 5.11 Å². The molecule has 3 aromatic heterocycles. The molecule has 0 amide bonds. The first-order valence-electron chi connectivity index (χ1n) is 9.60. The second-order valence-corrected chi connectivity index (χ2v) is 7.41. The van der Waals surface area contributed by atoms with Crippen LogP contribution in [0.2, 0.25) is 0 Å². The highest BCUT2D eigenvalue weighted by molar-refractivity contribution is 7.80. The van der Waals surface area contributed by atoms with Gasteiger partial charge in [0.25, 0.3) is 0 Å². The molecule has 4 heterocycles. The van der Waals surface area contributed by atoms with Gasteiger partial charge in [0.1, 0.15) is 11.8 Å². The Kier molecular flexibility index (Phi) is 4.65. The van der Waals surface area contributed by atoms with Crippen molar-refractivity contribution in [3.05, 3.63) is 103 Å². The van der Waals surface area contributed by atoms with Gasteiger partial charge in [-0.25, -0.2) is 0 Å². The van der Waals surface area contributed by atoms with E-state index in [4.69, 9.17) is 12.2 Å².